The second-order valence-corrected chi connectivity index (χ2v) is 7.46. The van der Waals surface area contributed by atoms with Crippen molar-refractivity contribution in [3.63, 3.8) is 0 Å². The molecule has 3 heterocycles. The Bertz CT molecular complexity index is 598. The number of aromatic nitrogens is 2. The predicted octanol–water partition coefficient (Wildman–Crippen LogP) is 1.63. The smallest absolute Gasteiger partial charge is 0.248 e. The largest absolute Gasteiger partial charge is 0.384 e. The fourth-order valence-corrected chi connectivity index (χ4v) is 4.01. The molecule has 1 spiro atoms. The quantitative estimate of drug-likeness (QED) is 0.676. The van der Waals surface area contributed by atoms with Gasteiger partial charge in [0.1, 0.15) is 6.61 Å². The molecule has 0 N–H and O–H groups in total. The predicted molar refractivity (Wildman–Crippen MR) is 97.3 cm³/mol. The van der Waals surface area contributed by atoms with E-state index in [4.69, 9.17) is 18.7 Å². The number of hydrogen-bond donors (Lipinski definition) is 0. The summed E-state index contributed by atoms with van der Waals surface area (Å²) < 4.78 is 21.9. The highest BCUT2D eigenvalue weighted by Crippen LogP contribution is 2.38. The molecule has 2 fully saturated rings. The highest BCUT2D eigenvalue weighted by Gasteiger charge is 2.41. The summed E-state index contributed by atoms with van der Waals surface area (Å²) in [6.45, 7) is 5.46. The van der Waals surface area contributed by atoms with Crippen molar-refractivity contribution in [2.24, 2.45) is 5.92 Å². The summed E-state index contributed by atoms with van der Waals surface area (Å²) in [7, 11) is 1.66. The average molecular weight is 381 g/mol. The van der Waals surface area contributed by atoms with E-state index in [9.17, 15) is 4.79 Å². The van der Waals surface area contributed by atoms with Crippen LogP contribution in [-0.2, 0) is 31.8 Å². The van der Waals surface area contributed by atoms with Gasteiger partial charge < -0.3 is 23.6 Å². The fourth-order valence-electron chi connectivity index (χ4n) is 4.01. The summed E-state index contributed by atoms with van der Waals surface area (Å²) in [5, 5.41) is 4.02. The first-order chi connectivity index (χ1) is 13.1. The lowest BCUT2D eigenvalue weighted by Crippen LogP contribution is -2.51. The lowest BCUT2D eigenvalue weighted by atomic mass is 9.78. The molecule has 0 bridgehead atoms. The van der Waals surface area contributed by atoms with Crippen LogP contribution in [0.5, 0.6) is 0 Å². The summed E-state index contributed by atoms with van der Waals surface area (Å²) >= 11 is 0. The molecule has 1 aromatic rings. The summed E-state index contributed by atoms with van der Waals surface area (Å²) in [6.07, 6.45) is 5.21. The molecule has 1 unspecified atom stereocenters. The number of carbonyl (C=O) groups excluding carboxylic acids is 1. The molecule has 0 radical (unpaired) electrons. The van der Waals surface area contributed by atoms with Gasteiger partial charge >= 0.3 is 0 Å². The van der Waals surface area contributed by atoms with Crippen LogP contribution in [0.25, 0.3) is 0 Å². The summed E-state index contributed by atoms with van der Waals surface area (Å²) in [4.78, 5) is 18.5. The van der Waals surface area contributed by atoms with Crippen LogP contribution < -0.4 is 0 Å². The molecule has 0 aliphatic carbocycles. The highest BCUT2D eigenvalue weighted by atomic mass is 16.5. The van der Waals surface area contributed by atoms with Crippen LogP contribution in [0, 0.1) is 5.92 Å². The van der Waals surface area contributed by atoms with Crippen LogP contribution >= 0.6 is 0 Å². The first-order valence-electron chi connectivity index (χ1n) is 9.94. The van der Waals surface area contributed by atoms with Gasteiger partial charge in [-0.3, -0.25) is 4.79 Å². The number of piperidine rings is 1. The first-order valence-corrected chi connectivity index (χ1v) is 9.94. The van der Waals surface area contributed by atoms with Gasteiger partial charge in [0.2, 0.25) is 11.8 Å². The molecule has 1 atom stereocenters. The van der Waals surface area contributed by atoms with E-state index in [0.717, 1.165) is 51.8 Å². The molecule has 8 nitrogen and oxygen atoms in total. The van der Waals surface area contributed by atoms with E-state index in [-0.39, 0.29) is 18.1 Å². The third kappa shape index (κ3) is 5.49. The van der Waals surface area contributed by atoms with Gasteiger partial charge in [-0.1, -0.05) is 5.16 Å². The SMILES string of the molecule is CCOCC(=O)N1CCC2(CC1)CC(Cc1nc(CCOC)no1)CCO2. The Balaban J connectivity index is 1.49. The summed E-state index contributed by atoms with van der Waals surface area (Å²) in [5.74, 6) is 1.95. The Hall–Kier alpha value is -1.51. The topological polar surface area (TPSA) is 86.9 Å². The maximum absolute atomic E-state index is 12.1. The minimum atomic E-state index is -0.121. The number of carbonyl (C=O) groups is 1. The Morgan fingerprint density at radius 3 is 2.93 bits per heavy atom. The standard InChI is InChI=1S/C19H31N3O5/c1-3-25-14-18(23)22-8-6-19(7-9-22)13-15(4-11-26-19)12-17-20-16(21-27-17)5-10-24-2/h15H,3-14H2,1-2H3. The average Bonchev–Trinajstić information content (AvgIpc) is 3.12. The molecular formula is C19H31N3O5. The minimum absolute atomic E-state index is 0.0773. The van der Waals surface area contributed by atoms with Gasteiger partial charge in [-0.25, -0.2) is 0 Å². The van der Waals surface area contributed by atoms with Crippen molar-refractivity contribution in [2.75, 3.05) is 46.6 Å². The van der Waals surface area contributed by atoms with E-state index in [1.807, 2.05) is 11.8 Å². The Kier molecular flexibility index (Phi) is 7.20. The second kappa shape index (κ2) is 9.61. The zero-order valence-electron chi connectivity index (χ0n) is 16.4. The van der Waals surface area contributed by atoms with Gasteiger partial charge in [0.05, 0.1) is 12.2 Å². The third-order valence-electron chi connectivity index (χ3n) is 5.56. The molecule has 152 valence electrons. The zero-order valence-corrected chi connectivity index (χ0v) is 16.4. The van der Waals surface area contributed by atoms with E-state index in [1.165, 1.54) is 0 Å². The Morgan fingerprint density at radius 2 is 2.19 bits per heavy atom. The maximum Gasteiger partial charge on any atom is 0.248 e. The van der Waals surface area contributed by atoms with Gasteiger partial charge in [0.25, 0.3) is 0 Å². The molecule has 3 rings (SSSR count). The zero-order chi connectivity index (χ0) is 19.1. The highest BCUT2D eigenvalue weighted by molar-refractivity contribution is 5.77. The third-order valence-corrected chi connectivity index (χ3v) is 5.56. The Morgan fingerprint density at radius 1 is 1.37 bits per heavy atom. The molecular weight excluding hydrogens is 350 g/mol. The van der Waals surface area contributed by atoms with Gasteiger partial charge in [0.15, 0.2) is 5.82 Å². The molecule has 2 aliphatic heterocycles. The van der Waals surface area contributed by atoms with Gasteiger partial charge in [-0.2, -0.15) is 4.98 Å². The van der Waals surface area contributed by atoms with Crippen molar-refractivity contribution in [3.05, 3.63) is 11.7 Å². The molecule has 8 heteroatoms. The molecule has 2 aliphatic rings. The van der Waals surface area contributed by atoms with Crippen molar-refractivity contribution in [1.82, 2.24) is 15.0 Å². The van der Waals surface area contributed by atoms with Crippen LogP contribution in [0.1, 0.15) is 44.3 Å². The van der Waals surface area contributed by atoms with Gasteiger partial charge in [-0.15, -0.1) is 0 Å². The fraction of sp³-hybridized carbons (Fsp3) is 0.842. The second-order valence-electron chi connectivity index (χ2n) is 7.46. The lowest BCUT2D eigenvalue weighted by molar-refractivity contribution is -0.150. The van der Waals surface area contributed by atoms with Crippen LogP contribution in [0.2, 0.25) is 0 Å². The first kappa shape index (κ1) is 20.2. The lowest BCUT2D eigenvalue weighted by Gasteiger charge is -2.46. The van der Waals surface area contributed by atoms with Crippen molar-refractivity contribution >= 4 is 5.91 Å². The van der Waals surface area contributed by atoms with Gasteiger partial charge in [0, 0.05) is 46.3 Å². The van der Waals surface area contributed by atoms with Crippen molar-refractivity contribution in [2.45, 2.75) is 51.0 Å². The van der Waals surface area contributed by atoms with Crippen molar-refractivity contribution < 1.29 is 23.5 Å². The number of hydrogen-bond acceptors (Lipinski definition) is 7. The van der Waals surface area contributed by atoms with Crippen LogP contribution in [0.3, 0.4) is 0 Å². The van der Waals surface area contributed by atoms with E-state index < -0.39 is 0 Å². The maximum atomic E-state index is 12.1. The van der Waals surface area contributed by atoms with Crippen LogP contribution in [-0.4, -0.2) is 73.2 Å². The van der Waals surface area contributed by atoms with Crippen molar-refractivity contribution in [3.8, 4) is 0 Å². The summed E-state index contributed by atoms with van der Waals surface area (Å²) in [5.41, 5.74) is -0.121. The molecule has 2 saturated heterocycles. The monoisotopic (exact) mass is 381 g/mol. The Labute approximate surface area is 160 Å². The molecule has 27 heavy (non-hydrogen) atoms. The number of rotatable bonds is 8. The number of amides is 1. The van der Waals surface area contributed by atoms with E-state index in [2.05, 4.69) is 10.1 Å². The van der Waals surface area contributed by atoms with Gasteiger partial charge in [-0.05, 0) is 38.5 Å². The normalized spacial score (nSPS) is 22.3. The van der Waals surface area contributed by atoms with Crippen molar-refractivity contribution in [1.29, 1.82) is 0 Å². The van der Waals surface area contributed by atoms with E-state index >= 15 is 0 Å². The molecule has 0 aromatic carbocycles. The van der Waals surface area contributed by atoms with E-state index in [1.54, 1.807) is 7.11 Å². The van der Waals surface area contributed by atoms with Crippen LogP contribution in [0.15, 0.2) is 4.52 Å². The number of nitrogens with zero attached hydrogens (tertiary/aromatic N) is 3. The number of likely N-dealkylation sites (tertiary alicyclic amines) is 1. The number of ether oxygens (including phenoxy) is 3. The molecule has 1 amide bonds. The summed E-state index contributed by atoms with van der Waals surface area (Å²) in [6, 6.07) is 0. The van der Waals surface area contributed by atoms with E-state index in [0.29, 0.717) is 37.3 Å². The number of methoxy groups -OCH3 is 1. The molecule has 0 saturated carbocycles. The van der Waals surface area contributed by atoms with Crippen LogP contribution in [0.4, 0.5) is 0 Å². The molecule has 1 aromatic heterocycles. The minimum Gasteiger partial charge on any atom is -0.384 e.